The minimum atomic E-state index is -0.656. The largest absolute Gasteiger partial charge is 0.339 e. The average molecular weight is 383 g/mol. The van der Waals surface area contributed by atoms with Gasteiger partial charge in [-0.15, -0.1) is 0 Å². The molecule has 1 atom stereocenters. The van der Waals surface area contributed by atoms with E-state index in [1.807, 2.05) is 23.1 Å². The van der Waals surface area contributed by atoms with Crippen LogP contribution in [0.3, 0.4) is 0 Å². The molecule has 2 aliphatic heterocycles. The van der Waals surface area contributed by atoms with Crippen molar-refractivity contribution in [2.45, 2.75) is 69.4 Å². The van der Waals surface area contributed by atoms with E-state index in [9.17, 15) is 14.4 Å². The van der Waals surface area contributed by atoms with Crippen LogP contribution in [0.5, 0.6) is 0 Å². The van der Waals surface area contributed by atoms with Gasteiger partial charge in [0, 0.05) is 25.6 Å². The number of urea groups is 1. The Hall–Kier alpha value is -2.37. The van der Waals surface area contributed by atoms with Gasteiger partial charge < -0.3 is 10.2 Å². The number of carbonyl (C=O) groups excluding carboxylic acids is 3. The van der Waals surface area contributed by atoms with Crippen molar-refractivity contribution in [1.82, 2.24) is 15.1 Å². The van der Waals surface area contributed by atoms with Gasteiger partial charge in [0.15, 0.2) is 0 Å². The molecule has 4 amide bonds. The minimum absolute atomic E-state index is 0.0921. The minimum Gasteiger partial charge on any atom is -0.339 e. The quantitative estimate of drug-likeness (QED) is 0.768. The van der Waals surface area contributed by atoms with E-state index in [0.29, 0.717) is 19.4 Å². The molecule has 1 aromatic rings. The van der Waals surface area contributed by atoms with Crippen LogP contribution in [-0.4, -0.2) is 52.3 Å². The molecule has 6 nitrogen and oxygen atoms in total. The van der Waals surface area contributed by atoms with Gasteiger partial charge in [-0.2, -0.15) is 0 Å². The predicted molar refractivity (Wildman–Crippen MR) is 106 cm³/mol. The van der Waals surface area contributed by atoms with Crippen LogP contribution in [0.15, 0.2) is 30.3 Å². The summed E-state index contributed by atoms with van der Waals surface area (Å²) in [5.41, 5.74) is 0.602. The fraction of sp³-hybridized carbons (Fsp3) is 0.591. The number of rotatable bonds is 6. The lowest BCUT2D eigenvalue weighted by molar-refractivity contribution is -0.134. The van der Waals surface area contributed by atoms with Gasteiger partial charge in [-0.25, -0.2) is 4.79 Å². The SMILES string of the molecule is O=C1NC2(CCCC2)C(=O)N1CCCC(=O)N1CCCC1Cc1ccccc1. The van der Waals surface area contributed by atoms with Crippen LogP contribution < -0.4 is 5.32 Å². The van der Waals surface area contributed by atoms with E-state index in [0.717, 1.165) is 51.5 Å². The Balaban J connectivity index is 1.28. The van der Waals surface area contributed by atoms with Crippen molar-refractivity contribution in [1.29, 1.82) is 0 Å². The van der Waals surface area contributed by atoms with E-state index in [4.69, 9.17) is 0 Å². The topological polar surface area (TPSA) is 69.7 Å². The second-order valence-electron chi connectivity index (χ2n) is 8.35. The lowest BCUT2D eigenvalue weighted by Gasteiger charge is -2.25. The van der Waals surface area contributed by atoms with Crippen LogP contribution in [0.1, 0.15) is 56.9 Å². The van der Waals surface area contributed by atoms with Gasteiger partial charge in [-0.1, -0.05) is 43.2 Å². The molecule has 1 aliphatic carbocycles. The molecule has 3 fully saturated rings. The van der Waals surface area contributed by atoms with Crippen LogP contribution in [-0.2, 0) is 16.0 Å². The summed E-state index contributed by atoms with van der Waals surface area (Å²) in [6.45, 7) is 1.14. The van der Waals surface area contributed by atoms with Gasteiger partial charge in [0.1, 0.15) is 5.54 Å². The highest BCUT2D eigenvalue weighted by Gasteiger charge is 2.52. The van der Waals surface area contributed by atoms with E-state index in [1.54, 1.807) is 0 Å². The molecule has 1 unspecified atom stereocenters. The number of likely N-dealkylation sites (tertiary alicyclic amines) is 1. The van der Waals surface area contributed by atoms with E-state index in [1.165, 1.54) is 10.5 Å². The molecule has 1 aromatic carbocycles. The summed E-state index contributed by atoms with van der Waals surface area (Å²) < 4.78 is 0. The summed E-state index contributed by atoms with van der Waals surface area (Å²) in [4.78, 5) is 41.0. The number of benzene rings is 1. The van der Waals surface area contributed by atoms with Crippen LogP contribution >= 0.6 is 0 Å². The molecule has 150 valence electrons. The predicted octanol–water partition coefficient (Wildman–Crippen LogP) is 2.86. The van der Waals surface area contributed by atoms with Gasteiger partial charge in [0.05, 0.1) is 0 Å². The number of nitrogens with one attached hydrogen (secondary N) is 1. The van der Waals surface area contributed by atoms with Crippen LogP contribution in [0, 0.1) is 0 Å². The molecule has 6 heteroatoms. The summed E-state index contributed by atoms with van der Waals surface area (Å²) >= 11 is 0. The van der Waals surface area contributed by atoms with Gasteiger partial charge in [0.25, 0.3) is 5.91 Å². The maximum absolute atomic E-state index is 12.8. The van der Waals surface area contributed by atoms with Gasteiger partial charge in [0.2, 0.25) is 5.91 Å². The molecule has 3 aliphatic rings. The zero-order valence-corrected chi connectivity index (χ0v) is 16.4. The van der Waals surface area contributed by atoms with Crippen LogP contribution in [0.25, 0.3) is 0 Å². The highest BCUT2D eigenvalue weighted by Crippen LogP contribution is 2.35. The van der Waals surface area contributed by atoms with Gasteiger partial charge >= 0.3 is 6.03 Å². The van der Waals surface area contributed by atoms with Gasteiger partial charge in [-0.3, -0.25) is 14.5 Å². The number of hydrogen-bond acceptors (Lipinski definition) is 3. The van der Waals surface area contributed by atoms with Crippen molar-refractivity contribution in [2.24, 2.45) is 0 Å². The van der Waals surface area contributed by atoms with Crippen molar-refractivity contribution in [3.63, 3.8) is 0 Å². The fourth-order valence-electron chi connectivity index (χ4n) is 4.99. The smallest absolute Gasteiger partial charge is 0.325 e. The molecule has 28 heavy (non-hydrogen) atoms. The summed E-state index contributed by atoms with van der Waals surface area (Å²) in [5.74, 6) is 0.0478. The van der Waals surface area contributed by atoms with Crippen LogP contribution in [0.2, 0.25) is 0 Å². The summed E-state index contributed by atoms with van der Waals surface area (Å²) in [7, 11) is 0. The Morgan fingerprint density at radius 1 is 1.11 bits per heavy atom. The normalized spacial score (nSPS) is 23.6. The first kappa shape index (κ1) is 19.0. The standard InChI is InChI=1S/C22H29N3O3/c26-19(24-14-6-10-18(24)16-17-8-2-1-3-9-17)11-7-15-25-20(27)22(23-21(25)28)12-4-5-13-22/h1-3,8-9,18H,4-7,10-16H2,(H,23,28). The first-order chi connectivity index (χ1) is 13.6. The molecule has 2 heterocycles. The third kappa shape index (κ3) is 3.64. The molecule has 1 saturated carbocycles. The summed E-state index contributed by atoms with van der Waals surface area (Å²) in [6, 6.07) is 10.3. The van der Waals surface area contributed by atoms with Gasteiger partial charge in [-0.05, 0) is 44.1 Å². The summed E-state index contributed by atoms with van der Waals surface area (Å²) in [6.07, 6.45) is 7.32. The number of imide groups is 1. The average Bonchev–Trinajstić information content (AvgIpc) is 3.40. The second kappa shape index (κ2) is 7.94. The first-order valence-corrected chi connectivity index (χ1v) is 10.6. The Bertz CT molecular complexity index is 743. The molecule has 0 bridgehead atoms. The van der Waals surface area contributed by atoms with Crippen LogP contribution in [0.4, 0.5) is 4.79 Å². The first-order valence-electron chi connectivity index (χ1n) is 10.6. The van der Waals surface area contributed by atoms with E-state index in [-0.39, 0.29) is 23.9 Å². The maximum atomic E-state index is 12.8. The molecule has 2 saturated heterocycles. The lowest BCUT2D eigenvalue weighted by Crippen LogP contribution is -2.44. The molecule has 0 radical (unpaired) electrons. The molecular formula is C22H29N3O3. The molecular weight excluding hydrogens is 354 g/mol. The number of nitrogens with zero attached hydrogens (tertiary/aromatic N) is 2. The Morgan fingerprint density at radius 2 is 1.86 bits per heavy atom. The van der Waals surface area contributed by atoms with E-state index < -0.39 is 5.54 Å². The number of hydrogen-bond donors (Lipinski definition) is 1. The summed E-state index contributed by atoms with van der Waals surface area (Å²) in [5, 5.41) is 2.90. The highest BCUT2D eigenvalue weighted by molar-refractivity contribution is 6.07. The fourth-order valence-corrected chi connectivity index (χ4v) is 4.99. The third-order valence-electron chi connectivity index (χ3n) is 6.49. The van der Waals surface area contributed by atoms with E-state index >= 15 is 0 Å². The zero-order valence-electron chi connectivity index (χ0n) is 16.4. The third-order valence-corrected chi connectivity index (χ3v) is 6.49. The second-order valence-corrected chi connectivity index (χ2v) is 8.35. The van der Waals surface area contributed by atoms with E-state index in [2.05, 4.69) is 17.4 Å². The van der Waals surface area contributed by atoms with Crippen molar-refractivity contribution < 1.29 is 14.4 Å². The zero-order chi connectivity index (χ0) is 19.6. The van der Waals surface area contributed by atoms with Crippen molar-refractivity contribution in [3.05, 3.63) is 35.9 Å². The lowest BCUT2D eigenvalue weighted by atomic mass is 9.98. The Labute approximate surface area is 166 Å². The number of carbonyl (C=O) groups is 3. The monoisotopic (exact) mass is 383 g/mol. The highest BCUT2D eigenvalue weighted by atomic mass is 16.2. The molecule has 1 N–H and O–H groups in total. The molecule has 0 aromatic heterocycles. The van der Waals surface area contributed by atoms with Crippen molar-refractivity contribution in [2.75, 3.05) is 13.1 Å². The number of amides is 4. The van der Waals surface area contributed by atoms with Crippen molar-refractivity contribution in [3.8, 4) is 0 Å². The Kier molecular flexibility index (Phi) is 5.38. The van der Waals surface area contributed by atoms with Crippen molar-refractivity contribution >= 4 is 17.8 Å². The molecule has 4 rings (SSSR count). The maximum Gasteiger partial charge on any atom is 0.325 e. The Morgan fingerprint density at radius 3 is 2.61 bits per heavy atom. The molecule has 1 spiro atoms.